The van der Waals surface area contributed by atoms with Crippen LogP contribution in [0.4, 0.5) is 11.4 Å². The Balaban J connectivity index is 0.000000257. The van der Waals surface area contributed by atoms with Gasteiger partial charge in [-0.2, -0.15) is 0 Å². The average molecular weight is 714 g/mol. The molecule has 4 aromatic rings. The predicted molar refractivity (Wildman–Crippen MR) is 203 cm³/mol. The highest BCUT2D eigenvalue weighted by molar-refractivity contribution is 7.99. The maximum absolute atomic E-state index is 11.2. The zero-order chi connectivity index (χ0) is 35.3. The van der Waals surface area contributed by atoms with Gasteiger partial charge >= 0.3 is 0 Å². The van der Waals surface area contributed by atoms with Crippen LogP contribution in [0.15, 0.2) is 80.2 Å². The van der Waals surface area contributed by atoms with E-state index in [0.717, 1.165) is 47.8 Å². The normalized spacial score (nSPS) is 11.4. The summed E-state index contributed by atoms with van der Waals surface area (Å²) in [5.74, 6) is 1.69. The summed E-state index contributed by atoms with van der Waals surface area (Å²) >= 11 is 16.1. The summed E-state index contributed by atoms with van der Waals surface area (Å²) in [5.41, 5.74) is 11.7. The number of aryl methyl sites for hydroxylation is 2. The molecule has 0 atom stereocenters. The van der Waals surface area contributed by atoms with Gasteiger partial charge in [0.1, 0.15) is 11.5 Å². The Hall–Kier alpha value is -2.97. The summed E-state index contributed by atoms with van der Waals surface area (Å²) in [5, 5.41) is 4.09. The number of hydrogen-bond donors (Lipinski definition) is 2. The number of benzene rings is 4. The van der Waals surface area contributed by atoms with Gasteiger partial charge < -0.3 is 20.5 Å². The molecule has 4 rings (SSSR count). The largest absolute Gasteiger partial charge is 0.496 e. The summed E-state index contributed by atoms with van der Waals surface area (Å²) in [6, 6.07) is 19.9. The van der Waals surface area contributed by atoms with E-state index in [1.165, 1.54) is 12.5 Å². The van der Waals surface area contributed by atoms with Crippen LogP contribution in [0.5, 0.6) is 11.5 Å². The number of nitrogens with one attached hydrogen (secondary N) is 1. The summed E-state index contributed by atoms with van der Waals surface area (Å²) in [6.45, 7) is 18.5. The molecule has 3 N–H and O–H groups in total. The molecule has 9 heteroatoms. The first-order valence-corrected chi connectivity index (χ1v) is 17.6. The average Bonchev–Trinajstić information content (AvgIpc) is 2.96. The predicted octanol–water partition coefficient (Wildman–Crippen LogP) is 11.8. The Morgan fingerprint density at radius 3 is 1.49 bits per heavy atom. The fourth-order valence-electron chi connectivity index (χ4n) is 4.93. The van der Waals surface area contributed by atoms with Crippen molar-refractivity contribution in [1.82, 2.24) is 0 Å². The van der Waals surface area contributed by atoms with Gasteiger partial charge in [0.25, 0.3) is 0 Å². The monoisotopic (exact) mass is 712 g/mol. The lowest BCUT2D eigenvalue weighted by molar-refractivity contribution is -0.114. The summed E-state index contributed by atoms with van der Waals surface area (Å²) in [6.07, 6.45) is 0. The highest BCUT2D eigenvalue weighted by atomic mass is 35.5. The van der Waals surface area contributed by atoms with Gasteiger partial charge in [0.2, 0.25) is 5.91 Å². The van der Waals surface area contributed by atoms with E-state index in [2.05, 4.69) is 65.1 Å². The molecule has 47 heavy (non-hydrogen) atoms. The fraction of sp³-hybridized carbons (Fsp3) is 0.342. The van der Waals surface area contributed by atoms with Crippen molar-refractivity contribution in [1.29, 1.82) is 0 Å². The number of hydrogen-bond acceptors (Lipinski definition) is 6. The second kappa shape index (κ2) is 16.0. The number of anilines is 2. The van der Waals surface area contributed by atoms with Crippen molar-refractivity contribution in [3.05, 3.63) is 93.0 Å². The molecule has 0 saturated heterocycles. The second-order valence-electron chi connectivity index (χ2n) is 13.4. The van der Waals surface area contributed by atoms with Crippen molar-refractivity contribution in [2.45, 2.75) is 92.7 Å². The molecule has 0 aliphatic heterocycles. The lowest BCUT2D eigenvalue weighted by Crippen LogP contribution is -2.12. The van der Waals surface area contributed by atoms with Gasteiger partial charge in [0.05, 0.1) is 24.3 Å². The molecule has 0 radical (unpaired) electrons. The Bertz CT molecular complexity index is 1700. The number of nitrogens with two attached hydrogens (primary N) is 1. The van der Waals surface area contributed by atoms with Crippen LogP contribution in [-0.4, -0.2) is 20.1 Å². The van der Waals surface area contributed by atoms with Crippen LogP contribution in [0.3, 0.4) is 0 Å². The number of ether oxygens (including phenoxy) is 2. The molecule has 0 saturated carbocycles. The molecule has 4 aromatic carbocycles. The van der Waals surface area contributed by atoms with Crippen molar-refractivity contribution >= 4 is 64.0 Å². The molecule has 0 heterocycles. The lowest BCUT2D eigenvalue weighted by Gasteiger charge is -2.23. The van der Waals surface area contributed by atoms with Crippen molar-refractivity contribution in [3.8, 4) is 11.5 Å². The minimum atomic E-state index is -0.110. The Kier molecular flexibility index (Phi) is 13.1. The number of nitrogen functional groups attached to an aromatic ring is 1. The number of carbonyl (C=O) groups excluding carboxylic acids is 1. The van der Waals surface area contributed by atoms with E-state index in [9.17, 15) is 4.79 Å². The van der Waals surface area contributed by atoms with Gasteiger partial charge in [-0.05, 0) is 96.5 Å². The summed E-state index contributed by atoms with van der Waals surface area (Å²) in [7, 11) is 3.40. The lowest BCUT2D eigenvalue weighted by atomic mass is 9.86. The first-order chi connectivity index (χ1) is 21.8. The molecule has 0 unspecified atom stereocenters. The van der Waals surface area contributed by atoms with E-state index in [1.807, 2.05) is 44.2 Å². The van der Waals surface area contributed by atoms with Crippen LogP contribution >= 0.6 is 46.7 Å². The number of halogens is 2. The molecule has 0 spiro atoms. The van der Waals surface area contributed by atoms with Crippen LogP contribution in [0.25, 0.3) is 0 Å². The number of methoxy groups -OCH3 is 2. The molecule has 0 aliphatic carbocycles. The molecular formula is C38H46Cl2N2O3S2. The molecule has 252 valence electrons. The van der Waals surface area contributed by atoms with Crippen LogP contribution in [0, 0.1) is 13.8 Å². The Labute approximate surface area is 299 Å². The van der Waals surface area contributed by atoms with Crippen molar-refractivity contribution in [2.24, 2.45) is 0 Å². The van der Waals surface area contributed by atoms with Crippen LogP contribution < -0.4 is 20.5 Å². The van der Waals surface area contributed by atoms with E-state index in [4.69, 9.17) is 38.4 Å². The third-order valence-corrected chi connectivity index (χ3v) is 10.5. The van der Waals surface area contributed by atoms with E-state index in [1.54, 1.807) is 49.9 Å². The van der Waals surface area contributed by atoms with Gasteiger partial charge in [-0.3, -0.25) is 4.79 Å². The molecular weight excluding hydrogens is 667 g/mol. The molecule has 0 fully saturated rings. The SMILES string of the molecule is COc1ccc(Sc2c(C)cc(N)cc2Cl)cc1C(C)(C)C.COc1ccc(Sc2c(C)cc(NC(C)=O)cc2Cl)cc1C(C)(C)C. The molecule has 0 aliphatic rings. The summed E-state index contributed by atoms with van der Waals surface area (Å²) in [4.78, 5) is 15.5. The van der Waals surface area contributed by atoms with E-state index >= 15 is 0 Å². The third-order valence-electron chi connectivity index (χ3n) is 7.20. The van der Waals surface area contributed by atoms with Crippen molar-refractivity contribution in [2.75, 3.05) is 25.3 Å². The first-order valence-electron chi connectivity index (χ1n) is 15.2. The topological polar surface area (TPSA) is 73.6 Å². The third kappa shape index (κ3) is 10.5. The van der Waals surface area contributed by atoms with Crippen LogP contribution in [0.2, 0.25) is 10.0 Å². The van der Waals surface area contributed by atoms with Crippen molar-refractivity contribution in [3.63, 3.8) is 0 Å². The van der Waals surface area contributed by atoms with Crippen LogP contribution in [-0.2, 0) is 15.6 Å². The number of rotatable bonds is 7. The van der Waals surface area contributed by atoms with Gasteiger partial charge in [0.15, 0.2) is 0 Å². The maximum Gasteiger partial charge on any atom is 0.221 e. The quantitative estimate of drug-likeness (QED) is 0.186. The van der Waals surface area contributed by atoms with Crippen LogP contribution in [0.1, 0.15) is 70.7 Å². The zero-order valence-electron chi connectivity index (χ0n) is 29.1. The smallest absolute Gasteiger partial charge is 0.221 e. The fourth-order valence-corrected chi connectivity index (χ4v) is 7.55. The minimum Gasteiger partial charge on any atom is -0.496 e. The molecule has 1 amide bonds. The minimum absolute atomic E-state index is 0.0157. The maximum atomic E-state index is 11.2. The van der Waals surface area contributed by atoms with E-state index < -0.39 is 0 Å². The number of amides is 1. The number of carbonyl (C=O) groups is 1. The standard InChI is InChI=1S/C20H24ClNO2S.C18H22ClNOS/c1-12-9-14(22-13(2)23)10-17(21)19(12)25-15-7-8-18(24-6)16(11-15)20(3,4)5;1-11-8-12(20)9-15(19)17(11)22-13-6-7-16(21-5)14(10-13)18(2,3)4/h7-11H,1-6H3,(H,22,23);6-10H,20H2,1-5H3. The van der Waals surface area contributed by atoms with Gasteiger partial charge in [-0.1, -0.05) is 88.3 Å². The zero-order valence-corrected chi connectivity index (χ0v) is 32.3. The summed E-state index contributed by atoms with van der Waals surface area (Å²) < 4.78 is 11.0. The van der Waals surface area contributed by atoms with Gasteiger partial charge in [-0.15, -0.1) is 0 Å². The Morgan fingerprint density at radius 1 is 0.702 bits per heavy atom. The van der Waals surface area contributed by atoms with E-state index in [-0.39, 0.29) is 16.7 Å². The van der Waals surface area contributed by atoms with Gasteiger partial charge in [-0.25, -0.2) is 0 Å². The highest BCUT2D eigenvalue weighted by Gasteiger charge is 2.21. The first kappa shape index (κ1) is 38.5. The highest BCUT2D eigenvalue weighted by Crippen LogP contribution is 2.42. The van der Waals surface area contributed by atoms with Crippen molar-refractivity contribution < 1.29 is 14.3 Å². The van der Waals surface area contributed by atoms with E-state index in [0.29, 0.717) is 21.4 Å². The molecule has 0 aromatic heterocycles. The Morgan fingerprint density at radius 2 is 1.13 bits per heavy atom. The molecule has 0 bridgehead atoms. The molecule has 5 nitrogen and oxygen atoms in total. The second-order valence-corrected chi connectivity index (χ2v) is 16.3. The van der Waals surface area contributed by atoms with Gasteiger partial charge in [0, 0.05) is 49.0 Å².